The quantitative estimate of drug-likeness (QED) is 0.710. The van der Waals surface area contributed by atoms with E-state index in [4.69, 9.17) is 21.8 Å². The maximum absolute atomic E-state index is 5.92. The van der Waals surface area contributed by atoms with E-state index in [1.807, 2.05) is 36.4 Å². The molecule has 84 valence electrons. The van der Waals surface area contributed by atoms with E-state index in [-0.39, 0.29) is 11.2 Å². The Labute approximate surface area is 103 Å². The number of aromatic nitrogens is 1. The Morgan fingerprint density at radius 3 is 2.53 bits per heavy atom. The number of nitrogens with zero attached hydrogens (tertiary/aromatic N) is 1. The largest absolute Gasteiger partial charge is 0.411 e. The molecule has 0 unspecified atom stereocenters. The number of oxazole rings is 1. The first kappa shape index (κ1) is 10.2. The highest BCUT2D eigenvalue weighted by atomic mass is 35.5. The lowest BCUT2D eigenvalue weighted by atomic mass is 10.1. The molecular formula is C13H9ClN2O. The predicted molar refractivity (Wildman–Crippen MR) is 68.9 cm³/mol. The van der Waals surface area contributed by atoms with Crippen LogP contribution in [-0.2, 0) is 0 Å². The summed E-state index contributed by atoms with van der Waals surface area (Å²) in [7, 11) is 0. The lowest BCUT2D eigenvalue weighted by molar-refractivity contribution is 0.583. The highest BCUT2D eigenvalue weighted by Crippen LogP contribution is 2.30. The fourth-order valence-electron chi connectivity index (χ4n) is 1.83. The summed E-state index contributed by atoms with van der Waals surface area (Å²) in [6.07, 6.45) is 0. The van der Waals surface area contributed by atoms with Gasteiger partial charge in [0.15, 0.2) is 0 Å². The van der Waals surface area contributed by atoms with Crippen molar-refractivity contribution >= 4 is 28.4 Å². The third kappa shape index (κ3) is 1.74. The molecule has 2 N–H and O–H groups in total. The van der Waals surface area contributed by atoms with Gasteiger partial charge in [-0.3, -0.25) is 0 Å². The van der Waals surface area contributed by atoms with Crippen molar-refractivity contribution in [2.75, 3.05) is 5.73 Å². The molecule has 4 heteroatoms. The molecule has 0 aliphatic heterocycles. The number of hydrogen-bond acceptors (Lipinski definition) is 3. The van der Waals surface area contributed by atoms with Gasteiger partial charge in [0.25, 0.3) is 6.01 Å². The van der Waals surface area contributed by atoms with E-state index < -0.39 is 0 Å². The molecule has 0 radical (unpaired) electrons. The van der Waals surface area contributed by atoms with Crippen LogP contribution in [0.5, 0.6) is 0 Å². The average molecular weight is 245 g/mol. The van der Waals surface area contributed by atoms with Gasteiger partial charge in [-0.15, -0.1) is 0 Å². The smallest absolute Gasteiger partial charge is 0.293 e. The first-order chi connectivity index (χ1) is 8.24. The molecule has 0 amide bonds. The van der Waals surface area contributed by atoms with Gasteiger partial charge < -0.3 is 10.2 Å². The second-order valence-corrected chi connectivity index (χ2v) is 4.08. The van der Waals surface area contributed by atoms with Crippen LogP contribution < -0.4 is 5.73 Å². The molecule has 0 atom stereocenters. The zero-order chi connectivity index (χ0) is 11.8. The zero-order valence-electron chi connectivity index (χ0n) is 8.85. The molecule has 0 saturated carbocycles. The summed E-state index contributed by atoms with van der Waals surface area (Å²) in [6, 6.07) is 14.1. The summed E-state index contributed by atoms with van der Waals surface area (Å²) < 4.78 is 5.01. The maximum Gasteiger partial charge on any atom is 0.293 e. The number of nitrogens with two attached hydrogens (primary N) is 1. The summed E-state index contributed by atoms with van der Waals surface area (Å²) in [5, 5.41) is 2.52. The molecular weight excluding hydrogens is 236 g/mol. The van der Waals surface area contributed by atoms with Gasteiger partial charge in [0.2, 0.25) is 5.22 Å². The van der Waals surface area contributed by atoms with E-state index in [1.165, 1.54) is 5.39 Å². The highest BCUT2D eigenvalue weighted by molar-refractivity contribution is 6.31. The molecule has 3 nitrogen and oxygen atoms in total. The lowest BCUT2D eigenvalue weighted by Gasteiger charge is -2.00. The van der Waals surface area contributed by atoms with E-state index in [9.17, 15) is 0 Å². The fraction of sp³-hybridized carbons (Fsp3) is 0. The summed E-state index contributed by atoms with van der Waals surface area (Å²) in [4.78, 5) is 4.07. The van der Waals surface area contributed by atoms with Crippen molar-refractivity contribution in [3.63, 3.8) is 0 Å². The Balaban J connectivity index is 2.21. The van der Waals surface area contributed by atoms with E-state index in [0.717, 1.165) is 10.9 Å². The van der Waals surface area contributed by atoms with Gasteiger partial charge in [0.05, 0.1) is 0 Å². The van der Waals surface area contributed by atoms with Gasteiger partial charge >= 0.3 is 0 Å². The number of fused-ring (bicyclic) bond motifs is 1. The molecule has 17 heavy (non-hydrogen) atoms. The third-order valence-electron chi connectivity index (χ3n) is 2.63. The summed E-state index contributed by atoms with van der Waals surface area (Å²) >= 11 is 5.92. The number of halogens is 1. The zero-order valence-corrected chi connectivity index (χ0v) is 9.61. The number of rotatable bonds is 1. The predicted octanol–water partition coefficient (Wildman–Crippen LogP) is 3.73. The Hall–Kier alpha value is -2.00. The molecule has 0 fully saturated rings. The average Bonchev–Trinajstić information content (AvgIpc) is 2.68. The van der Waals surface area contributed by atoms with Crippen molar-refractivity contribution in [1.82, 2.24) is 4.98 Å². The molecule has 3 aromatic rings. The summed E-state index contributed by atoms with van der Waals surface area (Å²) in [5.74, 6) is 0. The topological polar surface area (TPSA) is 52.0 Å². The SMILES string of the molecule is Nc1nc(-c2ccc3ccccc3c2)c(Cl)o1. The van der Waals surface area contributed by atoms with E-state index in [0.29, 0.717) is 5.69 Å². The molecule has 0 aliphatic carbocycles. The minimum atomic E-state index is 0.0816. The maximum atomic E-state index is 5.92. The first-order valence-electron chi connectivity index (χ1n) is 5.15. The molecule has 0 bridgehead atoms. The highest BCUT2D eigenvalue weighted by Gasteiger charge is 2.11. The number of benzene rings is 2. The second-order valence-electron chi connectivity index (χ2n) is 3.74. The first-order valence-corrected chi connectivity index (χ1v) is 5.53. The van der Waals surface area contributed by atoms with Crippen LogP contribution in [-0.4, -0.2) is 4.98 Å². The van der Waals surface area contributed by atoms with Crippen LogP contribution in [0.4, 0.5) is 6.01 Å². The van der Waals surface area contributed by atoms with E-state index in [2.05, 4.69) is 11.1 Å². The van der Waals surface area contributed by atoms with Crippen LogP contribution in [0.3, 0.4) is 0 Å². The number of hydrogen-bond donors (Lipinski definition) is 1. The van der Waals surface area contributed by atoms with Gasteiger partial charge in [0, 0.05) is 5.56 Å². The van der Waals surface area contributed by atoms with Crippen molar-refractivity contribution in [3.8, 4) is 11.3 Å². The molecule has 3 rings (SSSR count). The number of anilines is 1. The van der Waals surface area contributed by atoms with Crippen LogP contribution in [0.1, 0.15) is 0 Å². The van der Waals surface area contributed by atoms with Gasteiger partial charge in [-0.25, -0.2) is 0 Å². The minimum absolute atomic E-state index is 0.0816. The molecule has 0 spiro atoms. The monoisotopic (exact) mass is 244 g/mol. The van der Waals surface area contributed by atoms with E-state index >= 15 is 0 Å². The van der Waals surface area contributed by atoms with Gasteiger partial charge in [0.1, 0.15) is 5.69 Å². The minimum Gasteiger partial charge on any atom is -0.411 e. The van der Waals surface area contributed by atoms with Crippen molar-refractivity contribution in [3.05, 3.63) is 47.7 Å². The van der Waals surface area contributed by atoms with Crippen LogP contribution >= 0.6 is 11.6 Å². The Morgan fingerprint density at radius 2 is 1.82 bits per heavy atom. The summed E-state index contributed by atoms with van der Waals surface area (Å²) in [6.45, 7) is 0. The van der Waals surface area contributed by atoms with Gasteiger partial charge in [-0.2, -0.15) is 4.98 Å². The van der Waals surface area contributed by atoms with Crippen LogP contribution in [0.2, 0.25) is 5.22 Å². The van der Waals surface area contributed by atoms with Crippen molar-refractivity contribution < 1.29 is 4.42 Å². The van der Waals surface area contributed by atoms with Crippen molar-refractivity contribution in [2.45, 2.75) is 0 Å². The Morgan fingerprint density at radius 1 is 1.06 bits per heavy atom. The Kier molecular flexibility index (Phi) is 2.27. The van der Waals surface area contributed by atoms with E-state index in [1.54, 1.807) is 0 Å². The molecule has 0 saturated heterocycles. The fourth-order valence-corrected chi connectivity index (χ4v) is 2.06. The van der Waals surface area contributed by atoms with Crippen LogP contribution in [0.15, 0.2) is 46.9 Å². The Bertz CT molecular complexity index is 691. The normalized spacial score (nSPS) is 10.9. The second kappa shape index (κ2) is 3.79. The lowest BCUT2D eigenvalue weighted by Crippen LogP contribution is -1.84. The summed E-state index contributed by atoms with van der Waals surface area (Å²) in [5.41, 5.74) is 6.94. The van der Waals surface area contributed by atoms with Crippen LogP contribution in [0, 0.1) is 0 Å². The molecule has 1 aromatic heterocycles. The standard InChI is InChI=1S/C13H9ClN2O/c14-12-11(16-13(15)17-12)10-6-5-8-3-1-2-4-9(8)7-10/h1-7H,(H2,15,16). The third-order valence-corrected chi connectivity index (χ3v) is 2.88. The number of nitrogen functional groups attached to an aromatic ring is 1. The molecule has 1 heterocycles. The van der Waals surface area contributed by atoms with Crippen molar-refractivity contribution in [2.24, 2.45) is 0 Å². The van der Waals surface area contributed by atoms with Crippen LogP contribution in [0.25, 0.3) is 22.0 Å². The van der Waals surface area contributed by atoms with Gasteiger partial charge in [-0.1, -0.05) is 36.4 Å². The molecule has 2 aromatic carbocycles. The molecule has 0 aliphatic rings. The van der Waals surface area contributed by atoms with Gasteiger partial charge in [-0.05, 0) is 28.4 Å². The van der Waals surface area contributed by atoms with Crippen molar-refractivity contribution in [1.29, 1.82) is 0 Å².